The van der Waals surface area contributed by atoms with Crippen molar-refractivity contribution in [3.63, 3.8) is 0 Å². The number of benzene rings is 1. The standard InChI is InChI=1S/C19H27N3O4/c1-3-18(24)22-11-5-6-14(13-22)19(25)20-12-17(23)21-15-7-9-16(10-8-15)26-4-2/h7-10,14H,3-6,11-13H2,1-2H3,(H,20,25)(H,21,23). The summed E-state index contributed by atoms with van der Waals surface area (Å²) in [6.45, 7) is 5.34. The Kier molecular flexibility index (Phi) is 7.44. The van der Waals surface area contributed by atoms with Gasteiger partial charge in [0.05, 0.1) is 19.1 Å². The van der Waals surface area contributed by atoms with Gasteiger partial charge in [-0.05, 0) is 44.0 Å². The Morgan fingerprint density at radius 3 is 2.58 bits per heavy atom. The average molecular weight is 361 g/mol. The number of hydrogen-bond donors (Lipinski definition) is 2. The number of amides is 3. The zero-order valence-electron chi connectivity index (χ0n) is 15.4. The Hall–Kier alpha value is -2.57. The summed E-state index contributed by atoms with van der Waals surface area (Å²) < 4.78 is 5.35. The van der Waals surface area contributed by atoms with Gasteiger partial charge in [0.2, 0.25) is 17.7 Å². The predicted octanol–water partition coefficient (Wildman–Crippen LogP) is 1.79. The molecule has 1 unspecified atom stereocenters. The number of carbonyl (C=O) groups is 3. The van der Waals surface area contributed by atoms with Crippen LogP contribution in [0.2, 0.25) is 0 Å². The fourth-order valence-corrected chi connectivity index (χ4v) is 2.96. The molecule has 1 heterocycles. The fourth-order valence-electron chi connectivity index (χ4n) is 2.96. The van der Waals surface area contributed by atoms with E-state index in [1.54, 1.807) is 29.2 Å². The first-order valence-electron chi connectivity index (χ1n) is 9.11. The topological polar surface area (TPSA) is 87.7 Å². The van der Waals surface area contributed by atoms with Crippen molar-refractivity contribution in [3.8, 4) is 5.75 Å². The predicted molar refractivity (Wildman–Crippen MR) is 98.8 cm³/mol. The fraction of sp³-hybridized carbons (Fsp3) is 0.526. The molecule has 1 saturated heterocycles. The highest BCUT2D eigenvalue weighted by atomic mass is 16.5. The van der Waals surface area contributed by atoms with Crippen molar-refractivity contribution < 1.29 is 19.1 Å². The Morgan fingerprint density at radius 1 is 1.19 bits per heavy atom. The van der Waals surface area contributed by atoms with Crippen LogP contribution in [0.5, 0.6) is 5.75 Å². The van der Waals surface area contributed by atoms with Crippen molar-refractivity contribution in [2.45, 2.75) is 33.1 Å². The van der Waals surface area contributed by atoms with Crippen LogP contribution >= 0.6 is 0 Å². The molecule has 1 fully saturated rings. The molecular formula is C19H27N3O4. The summed E-state index contributed by atoms with van der Waals surface area (Å²) in [6.07, 6.45) is 1.99. The van der Waals surface area contributed by atoms with Crippen molar-refractivity contribution in [1.29, 1.82) is 0 Å². The summed E-state index contributed by atoms with van der Waals surface area (Å²) in [5.41, 5.74) is 0.644. The molecule has 0 radical (unpaired) electrons. The molecule has 1 aliphatic rings. The summed E-state index contributed by atoms with van der Waals surface area (Å²) >= 11 is 0. The van der Waals surface area contributed by atoms with E-state index in [9.17, 15) is 14.4 Å². The Balaban J connectivity index is 1.77. The highest BCUT2D eigenvalue weighted by molar-refractivity contribution is 5.95. The summed E-state index contributed by atoms with van der Waals surface area (Å²) in [5, 5.41) is 5.40. The minimum Gasteiger partial charge on any atom is -0.494 e. The first-order chi connectivity index (χ1) is 12.5. The molecule has 0 spiro atoms. The van der Waals surface area contributed by atoms with Gasteiger partial charge in [0, 0.05) is 25.2 Å². The number of hydrogen-bond acceptors (Lipinski definition) is 4. The van der Waals surface area contributed by atoms with Gasteiger partial charge in [-0.3, -0.25) is 14.4 Å². The minimum atomic E-state index is -0.292. The first kappa shape index (κ1) is 19.8. The quantitative estimate of drug-likeness (QED) is 0.775. The highest BCUT2D eigenvalue weighted by Gasteiger charge is 2.27. The third-order valence-electron chi connectivity index (χ3n) is 4.32. The number of likely N-dealkylation sites (tertiary alicyclic amines) is 1. The molecule has 0 bridgehead atoms. The van der Waals surface area contributed by atoms with Crippen molar-refractivity contribution in [3.05, 3.63) is 24.3 Å². The average Bonchev–Trinajstić information content (AvgIpc) is 2.67. The van der Waals surface area contributed by atoms with E-state index in [0.717, 1.165) is 18.6 Å². The van der Waals surface area contributed by atoms with Crippen molar-refractivity contribution in [1.82, 2.24) is 10.2 Å². The maximum Gasteiger partial charge on any atom is 0.243 e. The van der Waals surface area contributed by atoms with E-state index in [1.807, 2.05) is 13.8 Å². The second-order valence-electron chi connectivity index (χ2n) is 6.26. The molecule has 1 aromatic carbocycles. The van der Waals surface area contributed by atoms with Crippen molar-refractivity contribution in [2.24, 2.45) is 5.92 Å². The van der Waals surface area contributed by atoms with E-state index < -0.39 is 0 Å². The second kappa shape index (κ2) is 9.79. The van der Waals surface area contributed by atoms with Gasteiger partial charge in [-0.15, -0.1) is 0 Å². The minimum absolute atomic E-state index is 0.0655. The second-order valence-corrected chi connectivity index (χ2v) is 6.26. The SMILES string of the molecule is CCOc1ccc(NC(=O)CNC(=O)C2CCCN(C(=O)CC)C2)cc1. The summed E-state index contributed by atoms with van der Waals surface area (Å²) in [7, 11) is 0. The smallest absolute Gasteiger partial charge is 0.243 e. The van der Waals surface area contributed by atoms with Crippen LogP contribution in [-0.4, -0.2) is 48.9 Å². The van der Waals surface area contributed by atoms with E-state index in [-0.39, 0.29) is 30.2 Å². The number of ether oxygens (including phenoxy) is 1. The van der Waals surface area contributed by atoms with Crippen LogP contribution in [0.25, 0.3) is 0 Å². The molecule has 3 amide bonds. The van der Waals surface area contributed by atoms with E-state index in [2.05, 4.69) is 10.6 Å². The van der Waals surface area contributed by atoms with Gasteiger partial charge in [0.1, 0.15) is 5.75 Å². The molecule has 142 valence electrons. The van der Waals surface area contributed by atoms with Gasteiger partial charge in [0.25, 0.3) is 0 Å². The molecule has 2 rings (SSSR count). The third-order valence-corrected chi connectivity index (χ3v) is 4.32. The Bertz CT molecular complexity index is 630. The number of rotatable bonds is 7. The lowest BCUT2D eigenvalue weighted by molar-refractivity contribution is -0.136. The van der Waals surface area contributed by atoms with Gasteiger partial charge in [-0.2, -0.15) is 0 Å². The largest absolute Gasteiger partial charge is 0.494 e. The highest BCUT2D eigenvalue weighted by Crippen LogP contribution is 2.18. The number of nitrogens with zero attached hydrogens (tertiary/aromatic N) is 1. The molecule has 1 aliphatic heterocycles. The van der Waals surface area contributed by atoms with Crippen molar-refractivity contribution >= 4 is 23.4 Å². The normalized spacial score (nSPS) is 16.7. The van der Waals surface area contributed by atoms with Gasteiger partial charge in [-0.1, -0.05) is 6.92 Å². The van der Waals surface area contributed by atoms with E-state index in [1.165, 1.54) is 0 Å². The monoisotopic (exact) mass is 361 g/mol. The maximum absolute atomic E-state index is 12.3. The van der Waals surface area contributed by atoms with Crippen LogP contribution in [0.4, 0.5) is 5.69 Å². The molecule has 7 heteroatoms. The van der Waals surface area contributed by atoms with Crippen LogP contribution in [0, 0.1) is 5.92 Å². The van der Waals surface area contributed by atoms with E-state index in [0.29, 0.717) is 31.8 Å². The number of piperidine rings is 1. The van der Waals surface area contributed by atoms with Crippen LogP contribution in [0.1, 0.15) is 33.1 Å². The molecule has 7 nitrogen and oxygen atoms in total. The Morgan fingerprint density at radius 2 is 1.92 bits per heavy atom. The zero-order valence-corrected chi connectivity index (χ0v) is 15.4. The lowest BCUT2D eigenvalue weighted by Crippen LogP contribution is -2.46. The van der Waals surface area contributed by atoms with Crippen LogP contribution in [0.15, 0.2) is 24.3 Å². The number of anilines is 1. The molecule has 1 aromatic rings. The molecule has 0 aliphatic carbocycles. The lowest BCUT2D eigenvalue weighted by Gasteiger charge is -2.31. The summed E-state index contributed by atoms with van der Waals surface area (Å²) in [4.78, 5) is 37.8. The van der Waals surface area contributed by atoms with Crippen LogP contribution < -0.4 is 15.4 Å². The third kappa shape index (κ3) is 5.75. The van der Waals surface area contributed by atoms with Gasteiger partial charge in [0.15, 0.2) is 0 Å². The maximum atomic E-state index is 12.3. The summed E-state index contributed by atoms with van der Waals surface area (Å²) in [6, 6.07) is 7.05. The zero-order chi connectivity index (χ0) is 18.9. The van der Waals surface area contributed by atoms with Gasteiger partial charge < -0.3 is 20.3 Å². The van der Waals surface area contributed by atoms with Crippen LogP contribution in [0.3, 0.4) is 0 Å². The van der Waals surface area contributed by atoms with E-state index >= 15 is 0 Å². The van der Waals surface area contributed by atoms with Gasteiger partial charge in [-0.25, -0.2) is 0 Å². The first-order valence-corrected chi connectivity index (χ1v) is 9.11. The number of carbonyl (C=O) groups excluding carboxylic acids is 3. The molecular weight excluding hydrogens is 334 g/mol. The molecule has 26 heavy (non-hydrogen) atoms. The molecule has 1 atom stereocenters. The van der Waals surface area contributed by atoms with Crippen LogP contribution in [-0.2, 0) is 14.4 Å². The number of nitrogens with one attached hydrogen (secondary N) is 2. The Labute approximate surface area is 154 Å². The molecule has 0 aromatic heterocycles. The van der Waals surface area contributed by atoms with Crippen molar-refractivity contribution in [2.75, 3.05) is 31.6 Å². The lowest BCUT2D eigenvalue weighted by atomic mass is 9.97. The van der Waals surface area contributed by atoms with E-state index in [4.69, 9.17) is 4.74 Å². The summed E-state index contributed by atoms with van der Waals surface area (Å²) in [5.74, 6) is 0.0795. The van der Waals surface area contributed by atoms with Gasteiger partial charge >= 0.3 is 0 Å². The molecule has 2 N–H and O–H groups in total. The molecule has 0 saturated carbocycles.